The minimum absolute atomic E-state index is 0.0387. The van der Waals surface area contributed by atoms with E-state index in [9.17, 15) is 0 Å². The molecule has 0 radical (unpaired) electrons. The monoisotopic (exact) mass is 246 g/mol. The molecule has 18 heavy (non-hydrogen) atoms. The van der Waals surface area contributed by atoms with Gasteiger partial charge in [0, 0.05) is 26.1 Å². The summed E-state index contributed by atoms with van der Waals surface area (Å²) in [6, 6.07) is 6.42. The highest BCUT2D eigenvalue weighted by Gasteiger charge is 2.34. The van der Waals surface area contributed by atoms with E-state index < -0.39 is 0 Å². The molecule has 0 amide bonds. The number of nitrogens with one attached hydrogen (secondary N) is 1. The maximum atomic E-state index is 6.33. The molecule has 2 heterocycles. The molecule has 1 N–H and O–H groups in total. The quantitative estimate of drug-likeness (QED) is 0.868. The number of aryl methyl sites for hydroxylation is 1. The molecule has 0 saturated carbocycles. The molecule has 0 spiro atoms. The fourth-order valence-electron chi connectivity index (χ4n) is 3.07. The second kappa shape index (κ2) is 4.47. The van der Waals surface area contributed by atoms with Crippen molar-refractivity contribution < 1.29 is 4.74 Å². The minimum atomic E-state index is -0.0387. The lowest BCUT2D eigenvalue weighted by molar-refractivity contribution is 0.100. The second-order valence-electron chi connectivity index (χ2n) is 5.86. The van der Waals surface area contributed by atoms with E-state index >= 15 is 0 Å². The van der Waals surface area contributed by atoms with Crippen LogP contribution in [0, 0.1) is 0 Å². The van der Waals surface area contributed by atoms with Crippen LogP contribution in [0.1, 0.15) is 25.3 Å². The number of benzene rings is 1. The molecule has 1 unspecified atom stereocenters. The number of nitrogens with zero attached hydrogens (tertiary/aromatic N) is 1. The van der Waals surface area contributed by atoms with Crippen molar-refractivity contribution >= 4 is 5.69 Å². The second-order valence-corrected chi connectivity index (χ2v) is 5.86. The number of para-hydroxylation sites is 1. The van der Waals surface area contributed by atoms with Crippen LogP contribution in [-0.2, 0) is 6.42 Å². The number of rotatable bonds is 2. The summed E-state index contributed by atoms with van der Waals surface area (Å²) in [6.07, 6.45) is 3.49. The molecular weight excluding hydrogens is 224 g/mol. The molecule has 3 heteroatoms. The Morgan fingerprint density at radius 2 is 2.28 bits per heavy atom. The standard InChI is InChI=1S/C15H22N2O/c1-15(8-10-17(2)11-15)18-13-7-3-5-12-6-4-9-16-14(12)13/h3,5,7,16H,4,6,8-11H2,1-2H3. The Labute approximate surface area is 109 Å². The van der Waals surface area contributed by atoms with Crippen LogP contribution < -0.4 is 10.1 Å². The van der Waals surface area contributed by atoms with Gasteiger partial charge in [-0.2, -0.15) is 0 Å². The molecule has 0 bridgehead atoms. The average molecular weight is 246 g/mol. The zero-order valence-corrected chi connectivity index (χ0v) is 11.3. The Morgan fingerprint density at radius 1 is 1.39 bits per heavy atom. The van der Waals surface area contributed by atoms with Gasteiger partial charge in [0.25, 0.3) is 0 Å². The molecule has 1 aromatic rings. The highest BCUT2D eigenvalue weighted by Crippen LogP contribution is 2.36. The van der Waals surface area contributed by atoms with Gasteiger partial charge in [-0.05, 0) is 38.4 Å². The van der Waals surface area contributed by atoms with Crippen molar-refractivity contribution in [2.24, 2.45) is 0 Å². The molecule has 0 aromatic heterocycles. The van der Waals surface area contributed by atoms with Crippen LogP contribution in [0.15, 0.2) is 18.2 Å². The Bertz CT molecular complexity index is 446. The van der Waals surface area contributed by atoms with E-state index in [4.69, 9.17) is 4.74 Å². The third-order valence-electron chi connectivity index (χ3n) is 4.02. The molecular formula is C15H22N2O. The Hall–Kier alpha value is -1.22. The van der Waals surface area contributed by atoms with Crippen LogP contribution in [0.2, 0.25) is 0 Å². The van der Waals surface area contributed by atoms with Gasteiger partial charge >= 0.3 is 0 Å². The highest BCUT2D eigenvalue weighted by atomic mass is 16.5. The SMILES string of the molecule is CN1CCC(C)(Oc2cccc3c2NCCC3)C1. The lowest BCUT2D eigenvalue weighted by Gasteiger charge is -2.29. The number of fused-ring (bicyclic) bond motifs is 1. The first-order valence-corrected chi connectivity index (χ1v) is 6.90. The third kappa shape index (κ3) is 2.19. The smallest absolute Gasteiger partial charge is 0.143 e. The van der Waals surface area contributed by atoms with Crippen molar-refractivity contribution in [3.05, 3.63) is 23.8 Å². The van der Waals surface area contributed by atoms with Gasteiger partial charge in [-0.15, -0.1) is 0 Å². The van der Waals surface area contributed by atoms with Crippen LogP contribution in [0.4, 0.5) is 5.69 Å². The Morgan fingerprint density at radius 3 is 3.06 bits per heavy atom. The van der Waals surface area contributed by atoms with E-state index in [0.29, 0.717) is 0 Å². The van der Waals surface area contributed by atoms with Gasteiger partial charge in [-0.1, -0.05) is 12.1 Å². The summed E-state index contributed by atoms with van der Waals surface area (Å²) in [5.41, 5.74) is 2.58. The van der Waals surface area contributed by atoms with Gasteiger partial charge < -0.3 is 15.0 Å². The molecule has 98 valence electrons. The van der Waals surface area contributed by atoms with Crippen LogP contribution in [0.25, 0.3) is 0 Å². The molecule has 3 nitrogen and oxygen atoms in total. The largest absolute Gasteiger partial charge is 0.484 e. The van der Waals surface area contributed by atoms with Crippen molar-refractivity contribution in [2.75, 3.05) is 32.0 Å². The first-order valence-electron chi connectivity index (χ1n) is 6.90. The fourth-order valence-corrected chi connectivity index (χ4v) is 3.07. The van der Waals surface area contributed by atoms with Crippen molar-refractivity contribution in [1.29, 1.82) is 0 Å². The lowest BCUT2D eigenvalue weighted by Crippen LogP contribution is -2.35. The molecule has 1 aromatic carbocycles. The number of hydrogen-bond acceptors (Lipinski definition) is 3. The maximum absolute atomic E-state index is 6.33. The fraction of sp³-hybridized carbons (Fsp3) is 0.600. The summed E-state index contributed by atoms with van der Waals surface area (Å²) in [6.45, 7) is 5.42. The van der Waals surface area contributed by atoms with Crippen LogP contribution in [0.3, 0.4) is 0 Å². The highest BCUT2D eigenvalue weighted by molar-refractivity contribution is 5.63. The predicted octanol–water partition coefficient (Wildman–Crippen LogP) is 2.52. The summed E-state index contributed by atoms with van der Waals surface area (Å²) in [4.78, 5) is 2.34. The summed E-state index contributed by atoms with van der Waals surface area (Å²) in [7, 11) is 2.16. The molecule has 2 aliphatic rings. The Balaban J connectivity index is 1.84. The van der Waals surface area contributed by atoms with E-state index in [1.165, 1.54) is 17.7 Å². The first kappa shape index (κ1) is 11.8. The van der Waals surface area contributed by atoms with Gasteiger partial charge in [0.1, 0.15) is 11.4 Å². The van der Waals surface area contributed by atoms with Gasteiger partial charge in [0.05, 0.1) is 5.69 Å². The Kier molecular flexibility index (Phi) is 2.94. The molecule has 1 saturated heterocycles. The lowest BCUT2D eigenvalue weighted by atomic mass is 10.0. The first-order chi connectivity index (χ1) is 8.66. The van der Waals surface area contributed by atoms with Gasteiger partial charge in [0.15, 0.2) is 0 Å². The number of likely N-dealkylation sites (N-methyl/N-ethyl adjacent to an activating group) is 1. The van der Waals surface area contributed by atoms with E-state index in [1.54, 1.807) is 0 Å². The molecule has 2 aliphatic heterocycles. The van der Waals surface area contributed by atoms with Gasteiger partial charge in [-0.3, -0.25) is 0 Å². The average Bonchev–Trinajstić information content (AvgIpc) is 2.70. The number of likely N-dealkylation sites (tertiary alicyclic amines) is 1. The van der Waals surface area contributed by atoms with E-state index in [2.05, 4.69) is 42.4 Å². The minimum Gasteiger partial charge on any atom is -0.484 e. The van der Waals surface area contributed by atoms with Crippen molar-refractivity contribution in [2.45, 2.75) is 31.8 Å². The molecule has 1 fully saturated rings. The van der Waals surface area contributed by atoms with Crippen LogP contribution in [-0.4, -0.2) is 37.2 Å². The summed E-state index contributed by atoms with van der Waals surface area (Å²) < 4.78 is 6.33. The maximum Gasteiger partial charge on any atom is 0.143 e. The zero-order valence-electron chi connectivity index (χ0n) is 11.3. The molecule has 3 rings (SSSR count). The number of anilines is 1. The summed E-state index contributed by atoms with van der Waals surface area (Å²) in [5.74, 6) is 1.03. The summed E-state index contributed by atoms with van der Waals surface area (Å²) >= 11 is 0. The van der Waals surface area contributed by atoms with E-state index in [1.807, 2.05) is 0 Å². The van der Waals surface area contributed by atoms with Crippen molar-refractivity contribution in [3.8, 4) is 5.75 Å². The van der Waals surface area contributed by atoms with E-state index in [-0.39, 0.29) is 5.60 Å². The number of ether oxygens (including phenoxy) is 1. The van der Waals surface area contributed by atoms with Gasteiger partial charge in [-0.25, -0.2) is 0 Å². The molecule has 1 atom stereocenters. The van der Waals surface area contributed by atoms with Crippen molar-refractivity contribution in [1.82, 2.24) is 4.90 Å². The van der Waals surface area contributed by atoms with Crippen LogP contribution in [0.5, 0.6) is 5.75 Å². The topological polar surface area (TPSA) is 24.5 Å². The molecule has 0 aliphatic carbocycles. The van der Waals surface area contributed by atoms with Crippen molar-refractivity contribution in [3.63, 3.8) is 0 Å². The zero-order chi connectivity index (χ0) is 12.6. The van der Waals surface area contributed by atoms with Gasteiger partial charge in [0.2, 0.25) is 0 Å². The number of hydrogen-bond donors (Lipinski definition) is 1. The van der Waals surface area contributed by atoms with Crippen LogP contribution >= 0.6 is 0 Å². The van der Waals surface area contributed by atoms with E-state index in [0.717, 1.165) is 38.2 Å². The summed E-state index contributed by atoms with van der Waals surface area (Å²) in [5, 5.41) is 3.49. The third-order valence-corrected chi connectivity index (χ3v) is 4.02. The predicted molar refractivity (Wildman–Crippen MR) is 74.4 cm³/mol. The normalized spacial score (nSPS) is 27.7.